The number of nitrogens with one attached hydrogen (secondary N) is 1. The molecule has 1 aliphatic carbocycles. The Hall–Kier alpha value is -0.160. The van der Waals surface area contributed by atoms with E-state index in [1.165, 1.54) is 6.42 Å². The highest BCUT2D eigenvalue weighted by Crippen LogP contribution is 2.36. The third-order valence-corrected chi connectivity index (χ3v) is 4.23. The first-order chi connectivity index (χ1) is 8.93. The molecule has 0 amide bonds. The van der Waals surface area contributed by atoms with Gasteiger partial charge in [0.25, 0.3) is 0 Å². The van der Waals surface area contributed by atoms with E-state index >= 15 is 0 Å². The van der Waals surface area contributed by atoms with Crippen molar-refractivity contribution in [3.05, 3.63) is 0 Å². The molecule has 1 saturated carbocycles. The van der Waals surface area contributed by atoms with Crippen molar-refractivity contribution in [2.24, 2.45) is 17.8 Å². The van der Waals surface area contributed by atoms with Crippen LogP contribution >= 0.6 is 0 Å². The normalized spacial score (nSPS) is 32.2. The van der Waals surface area contributed by atoms with E-state index in [0.717, 1.165) is 38.4 Å². The maximum absolute atomic E-state index is 10.6. The van der Waals surface area contributed by atoms with Crippen molar-refractivity contribution < 1.29 is 5.11 Å². The molecule has 1 aliphatic rings. The molecule has 0 bridgehead atoms. The monoisotopic (exact) mass is 271 g/mol. The number of hydrogen-bond acceptors (Lipinski definition) is 4. The number of nitrogens with zero attached hydrogens (tertiary/aromatic N) is 2. The van der Waals surface area contributed by atoms with Crippen LogP contribution in [0.15, 0.2) is 0 Å². The van der Waals surface area contributed by atoms with Crippen LogP contribution in [0.2, 0.25) is 0 Å². The van der Waals surface area contributed by atoms with Gasteiger partial charge in [-0.05, 0) is 78.8 Å². The molecule has 0 aromatic heterocycles. The molecule has 0 saturated heterocycles. The van der Waals surface area contributed by atoms with Crippen LogP contribution in [0.5, 0.6) is 0 Å². The zero-order valence-corrected chi connectivity index (χ0v) is 13.4. The fourth-order valence-corrected chi connectivity index (χ4v) is 3.55. The smallest absolute Gasteiger partial charge is 0.0609 e. The molecule has 1 fully saturated rings. The molecular formula is C15H33N3O. The minimum Gasteiger partial charge on any atom is -0.393 e. The molecule has 4 heteroatoms. The molecule has 4 atom stereocenters. The van der Waals surface area contributed by atoms with E-state index in [1.807, 2.05) is 7.05 Å². The summed E-state index contributed by atoms with van der Waals surface area (Å²) in [6.45, 7) is 3.15. The van der Waals surface area contributed by atoms with Crippen LogP contribution in [0.4, 0.5) is 0 Å². The molecule has 1 rings (SSSR count). The van der Waals surface area contributed by atoms with Crippen molar-refractivity contribution in [3.8, 4) is 0 Å². The molecule has 0 spiro atoms. The van der Waals surface area contributed by atoms with Gasteiger partial charge in [-0.1, -0.05) is 0 Å². The lowest BCUT2D eigenvalue weighted by molar-refractivity contribution is -0.0197. The summed E-state index contributed by atoms with van der Waals surface area (Å²) in [6, 6.07) is 0. The van der Waals surface area contributed by atoms with Crippen molar-refractivity contribution in [3.63, 3.8) is 0 Å². The minimum absolute atomic E-state index is 0.130. The number of rotatable bonds is 7. The maximum Gasteiger partial charge on any atom is 0.0609 e. The largest absolute Gasteiger partial charge is 0.393 e. The first-order valence-corrected chi connectivity index (χ1v) is 7.56. The fraction of sp³-hybridized carbons (Fsp3) is 1.00. The van der Waals surface area contributed by atoms with Crippen molar-refractivity contribution in [2.75, 3.05) is 54.9 Å². The summed E-state index contributed by atoms with van der Waals surface area (Å²) in [6.07, 6.45) is 3.29. The van der Waals surface area contributed by atoms with Gasteiger partial charge in [0.1, 0.15) is 0 Å². The van der Waals surface area contributed by atoms with Crippen LogP contribution < -0.4 is 5.32 Å². The Kier molecular flexibility index (Phi) is 7.29. The fourth-order valence-electron chi connectivity index (χ4n) is 3.55. The lowest BCUT2D eigenvalue weighted by atomic mass is 9.71. The van der Waals surface area contributed by atoms with Crippen LogP contribution in [0, 0.1) is 17.8 Å². The minimum atomic E-state index is -0.130. The molecular weight excluding hydrogens is 238 g/mol. The van der Waals surface area contributed by atoms with E-state index in [0.29, 0.717) is 11.8 Å². The van der Waals surface area contributed by atoms with E-state index in [-0.39, 0.29) is 6.10 Å². The van der Waals surface area contributed by atoms with Crippen LogP contribution in [0.1, 0.15) is 19.3 Å². The van der Waals surface area contributed by atoms with Crippen LogP contribution in [-0.4, -0.2) is 75.9 Å². The number of aliphatic hydroxyl groups is 1. The van der Waals surface area contributed by atoms with Crippen LogP contribution in [0.25, 0.3) is 0 Å². The molecule has 4 nitrogen and oxygen atoms in total. The molecule has 2 N–H and O–H groups in total. The second-order valence-corrected chi connectivity index (χ2v) is 6.76. The highest BCUT2D eigenvalue weighted by atomic mass is 16.3. The van der Waals surface area contributed by atoms with Gasteiger partial charge in [0.05, 0.1) is 6.10 Å². The first kappa shape index (κ1) is 16.9. The van der Waals surface area contributed by atoms with Crippen molar-refractivity contribution in [1.82, 2.24) is 15.1 Å². The Labute approximate surface area is 119 Å². The van der Waals surface area contributed by atoms with Gasteiger partial charge in [-0.25, -0.2) is 0 Å². The van der Waals surface area contributed by atoms with E-state index in [9.17, 15) is 5.11 Å². The summed E-state index contributed by atoms with van der Waals surface area (Å²) in [5.74, 6) is 1.61. The lowest BCUT2D eigenvalue weighted by Crippen LogP contribution is -2.44. The summed E-state index contributed by atoms with van der Waals surface area (Å²) in [4.78, 5) is 4.49. The Morgan fingerprint density at radius 1 is 1.00 bits per heavy atom. The third kappa shape index (κ3) is 5.78. The highest BCUT2D eigenvalue weighted by molar-refractivity contribution is 4.88. The predicted molar refractivity (Wildman–Crippen MR) is 81.4 cm³/mol. The molecule has 0 aromatic carbocycles. The summed E-state index contributed by atoms with van der Waals surface area (Å²) in [5, 5.41) is 13.8. The van der Waals surface area contributed by atoms with Crippen LogP contribution in [0.3, 0.4) is 0 Å². The summed E-state index contributed by atoms with van der Waals surface area (Å²) in [5.41, 5.74) is 0. The van der Waals surface area contributed by atoms with Crippen LogP contribution in [-0.2, 0) is 0 Å². The van der Waals surface area contributed by atoms with E-state index in [4.69, 9.17) is 0 Å². The Morgan fingerprint density at radius 2 is 1.58 bits per heavy atom. The second kappa shape index (κ2) is 8.20. The summed E-state index contributed by atoms with van der Waals surface area (Å²) in [7, 11) is 10.5. The molecule has 19 heavy (non-hydrogen) atoms. The van der Waals surface area contributed by atoms with Gasteiger partial charge in [-0.3, -0.25) is 0 Å². The van der Waals surface area contributed by atoms with Gasteiger partial charge in [-0.15, -0.1) is 0 Å². The van der Waals surface area contributed by atoms with Gasteiger partial charge >= 0.3 is 0 Å². The quantitative estimate of drug-likeness (QED) is 0.716. The zero-order valence-electron chi connectivity index (χ0n) is 13.4. The highest BCUT2D eigenvalue weighted by Gasteiger charge is 2.36. The first-order valence-electron chi connectivity index (χ1n) is 7.56. The summed E-state index contributed by atoms with van der Waals surface area (Å²) < 4.78 is 0. The van der Waals surface area contributed by atoms with Crippen molar-refractivity contribution in [1.29, 1.82) is 0 Å². The average molecular weight is 271 g/mol. The number of aliphatic hydroxyl groups excluding tert-OH is 1. The van der Waals surface area contributed by atoms with E-state index < -0.39 is 0 Å². The molecule has 0 radical (unpaired) electrons. The SMILES string of the molecule is CNCCC1CC(CN(C)C)CC(CN(C)C)C1O. The summed E-state index contributed by atoms with van der Waals surface area (Å²) >= 11 is 0. The van der Waals surface area contributed by atoms with Crippen molar-refractivity contribution in [2.45, 2.75) is 25.4 Å². The molecule has 0 aliphatic heterocycles. The lowest BCUT2D eigenvalue weighted by Gasteiger charge is -2.41. The van der Waals surface area contributed by atoms with Crippen molar-refractivity contribution >= 4 is 0 Å². The Balaban J connectivity index is 2.63. The third-order valence-electron chi connectivity index (χ3n) is 4.23. The number of hydrogen-bond donors (Lipinski definition) is 2. The predicted octanol–water partition coefficient (Wildman–Crippen LogP) is 0.722. The van der Waals surface area contributed by atoms with E-state index in [1.54, 1.807) is 0 Å². The molecule has 0 aromatic rings. The molecule has 4 unspecified atom stereocenters. The second-order valence-electron chi connectivity index (χ2n) is 6.76. The Bertz CT molecular complexity index is 246. The Morgan fingerprint density at radius 3 is 2.11 bits per heavy atom. The van der Waals surface area contributed by atoms with Gasteiger partial charge < -0.3 is 20.2 Å². The average Bonchev–Trinajstić information content (AvgIpc) is 2.30. The van der Waals surface area contributed by atoms with Gasteiger partial charge in [0.15, 0.2) is 0 Å². The topological polar surface area (TPSA) is 38.7 Å². The van der Waals surface area contributed by atoms with Gasteiger partial charge in [0, 0.05) is 13.1 Å². The zero-order chi connectivity index (χ0) is 14.4. The molecule has 114 valence electrons. The van der Waals surface area contributed by atoms with Gasteiger partial charge in [0.2, 0.25) is 0 Å². The maximum atomic E-state index is 10.6. The molecule has 0 heterocycles. The van der Waals surface area contributed by atoms with E-state index in [2.05, 4.69) is 43.3 Å². The van der Waals surface area contributed by atoms with Gasteiger partial charge in [-0.2, -0.15) is 0 Å². The standard InChI is InChI=1S/C15H33N3O/c1-16-7-6-13-8-12(10-17(2)3)9-14(15(13)19)11-18(4)5/h12-16,19H,6-11H2,1-5H3.